The zero-order valence-corrected chi connectivity index (χ0v) is 10.3. The summed E-state index contributed by atoms with van der Waals surface area (Å²) in [6.07, 6.45) is 6.03. The lowest BCUT2D eigenvalue weighted by Crippen LogP contribution is -2.01. The highest BCUT2D eigenvalue weighted by atomic mass is 16.3. The lowest BCUT2D eigenvalue weighted by Gasteiger charge is -2.15. The van der Waals surface area contributed by atoms with E-state index in [2.05, 4.69) is 19.9 Å². The molecule has 0 radical (unpaired) electrons. The summed E-state index contributed by atoms with van der Waals surface area (Å²) >= 11 is 0. The summed E-state index contributed by atoms with van der Waals surface area (Å²) in [6.45, 7) is 4.31. The fourth-order valence-corrected chi connectivity index (χ4v) is 1.82. The Morgan fingerprint density at radius 1 is 1.19 bits per heavy atom. The van der Waals surface area contributed by atoms with Crippen LogP contribution < -0.4 is 0 Å². The minimum Gasteiger partial charge on any atom is -0.384 e. The van der Waals surface area contributed by atoms with Crippen LogP contribution in [0.5, 0.6) is 0 Å². The van der Waals surface area contributed by atoms with Gasteiger partial charge in [-0.2, -0.15) is 0 Å². The average molecular weight is 218 g/mol. The summed E-state index contributed by atoms with van der Waals surface area (Å²) in [5, 5.41) is 10.3. The maximum atomic E-state index is 10.3. The van der Waals surface area contributed by atoms with E-state index in [9.17, 15) is 5.11 Å². The second-order valence-corrected chi connectivity index (χ2v) is 4.13. The van der Waals surface area contributed by atoms with Crippen LogP contribution in [0.3, 0.4) is 0 Å². The van der Waals surface area contributed by atoms with Gasteiger partial charge in [-0.05, 0) is 24.0 Å². The van der Waals surface area contributed by atoms with Crippen molar-refractivity contribution in [1.29, 1.82) is 0 Å². The second-order valence-electron chi connectivity index (χ2n) is 4.13. The van der Waals surface area contributed by atoms with E-state index in [4.69, 9.17) is 0 Å². The molecular weight excluding hydrogens is 196 g/mol. The van der Waals surface area contributed by atoms with Crippen LogP contribution in [0.15, 0.2) is 42.0 Å². The first-order valence-corrected chi connectivity index (χ1v) is 6.21. The van der Waals surface area contributed by atoms with Crippen molar-refractivity contribution in [2.24, 2.45) is 0 Å². The van der Waals surface area contributed by atoms with E-state index in [-0.39, 0.29) is 0 Å². The van der Waals surface area contributed by atoms with Gasteiger partial charge in [-0.25, -0.2) is 0 Å². The molecule has 1 aromatic rings. The highest BCUT2D eigenvalue weighted by Crippen LogP contribution is 2.25. The summed E-state index contributed by atoms with van der Waals surface area (Å²) in [6, 6.07) is 9.90. The first kappa shape index (κ1) is 13.0. The predicted molar refractivity (Wildman–Crippen MR) is 69.3 cm³/mol. The SMILES string of the molecule is CCC/C=C(\CCC)C(O)c1ccccc1. The fourth-order valence-electron chi connectivity index (χ4n) is 1.82. The molecule has 0 fully saturated rings. The monoisotopic (exact) mass is 218 g/mol. The third-order valence-electron chi connectivity index (χ3n) is 2.70. The molecule has 0 bridgehead atoms. The van der Waals surface area contributed by atoms with Gasteiger partial charge in [-0.1, -0.05) is 63.1 Å². The zero-order valence-electron chi connectivity index (χ0n) is 10.3. The van der Waals surface area contributed by atoms with Gasteiger partial charge in [0, 0.05) is 0 Å². The van der Waals surface area contributed by atoms with Crippen molar-refractivity contribution < 1.29 is 5.11 Å². The van der Waals surface area contributed by atoms with Gasteiger partial charge in [0.1, 0.15) is 6.10 Å². The highest BCUT2D eigenvalue weighted by molar-refractivity contribution is 5.25. The number of unbranched alkanes of at least 4 members (excludes halogenated alkanes) is 1. The Balaban J connectivity index is 2.78. The average Bonchev–Trinajstić information content (AvgIpc) is 2.35. The van der Waals surface area contributed by atoms with E-state index in [0.717, 1.165) is 36.8 Å². The molecule has 0 heterocycles. The molecule has 1 N–H and O–H groups in total. The highest BCUT2D eigenvalue weighted by Gasteiger charge is 2.11. The van der Waals surface area contributed by atoms with Gasteiger partial charge in [0.25, 0.3) is 0 Å². The Labute approximate surface area is 98.8 Å². The van der Waals surface area contributed by atoms with Crippen LogP contribution in [-0.4, -0.2) is 5.11 Å². The summed E-state index contributed by atoms with van der Waals surface area (Å²) < 4.78 is 0. The van der Waals surface area contributed by atoms with Gasteiger partial charge < -0.3 is 5.11 Å². The van der Waals surface area contributed by atoms with E-state index in [0.29, 0.717) is 0 Å². The molecule has 1 nitrogen and oxygen atoms in total. The van der Waals surface area contributed by atoms with Crippen molar-refractivity contribution in [2.75, 3.05) is 0 Å². The maximum absolute atomic E-state index is 10.3. The van der Waals surface area contributed by atoms with Gasteiger partial charge in [0.15, 0.2) is 0 Å². The predicted octanol–water partition coefficient (Wildman–Crippen LogP) is 4.25. The van der Waals surface area contributed by atoms with Crippen molar-refractivity contribution in [3.8, 4) is 0 Å². The van der Waals surface area contributed by atoms with E-state index < -0.39 is 6.10 Å². The fraction of sp³-hybridized carbons (Fsp3) is 0.467. The van der Waals surface area contributed by atoms with Crippen LogP contribution in [-0.2, 0) is 0 Å². The molecule has 0 amide bonds. The quantitative estimate of drug-likeness (QED) is 0.708. The third-order valence-corrected chi connectivity index (χ3v) is 2.70. The summed E-state index contributed by atoms with van der Waals surface area (Å²) in [5.41, 5.74) is 2.16. The Morgan fingerprint density at radius 3 is 2.44 bits per heavy atom. The van der Waals surface area contributed by atoms with Crippen LogP contribution in [0.4, 0.5) is 0 Å². The lowest BCUT2D eigenvalue weighted by atomic mass is 9.97. The number of allylic oxidation sites excluding steroid dienone is 1. The number of hydrogen-bond donors (Lipinski definition) is 1. The molecule has 1 atom stereocenters. The lowest BCUT2D eigenvalue weighted by molar-refractivity contribution is 0.210. The largest absolute Gasteiger partial charge is 0.384 e. The molecule has 1 aromatic carbocycles. The van der Waals surface area contributed by atoms with Crippen LogP contribution in [0.1, 0.15) is 51.2 Å². The molecular formula is C15H22O. The van der Waals surface area contributed by atoms with Gasteiger partial charge in [0.05, 0.1) is 0 Å². The zero-order chi connectivity index (χ0) is 11.8. The minimum atomic E-state index is -0.423. The summed E-state index contributed by atoms with van der Waals surface area (Å²) in [5.74, 6) is 0. The molecule has 0 aliphatic carbocycles. The Kier molecular flexibility index (Phi) is 5.87. The van der Waals surface area contributed by atoms with E-state index >= 15 is 0 Å². The van der Waals surface area contributed by atoms with Crippen LogP contribution >= 0.6 is 0 Å². The van der Waals surface area contributed by atoms with Gasteiger partial charge in [0.2, 0.25) is 0 Å². The molecule has 1 unspecified atom stereocenters. The first-order valence-electron chi connectivity index (χ1n) is 6.21. The smallest absolute Gasteiger partial charge is 0.100 e. The summed E-state index contributed by atoms with van der Waals surface area (Å²) in [4.78, 5) is 0. The Bertz CT molecular complexity index is 313. The summed E-state index contributed by atoms with van der Waals surface area (Å²) in [7, 11) is 0. The number of hydrogen-bond acceptors (Lipinski definition) is 1. The molecule has 0 spiro atoms. The number of aliphatic hydroxyl groups excluding tert-OH is 1. The topological polar surface area (TPSA) is 20.2 Å². The van der Waals surface area contributed by atoms with Crippen molar-refractivity contribution in [2.45, 2.75) is 45.6 Å². The van der Waals surface area contributed by atoms with Crippen LogP contribution in [0.25, 0.3) is 0 Å². The second kappa shape index (κ2) is 7.24. The third kappa shape index (κ3) is 3.82. The first-order chi connectivity index (χ1) is 7.79. The van der Waals surface area contributed by atoms with Crippen molar-refractivity contribution in [1.82, 2.24) is 0 Å². The van der Waals surface area contributed by atoms with Crippen LogP contribution in [0.2, 0.25) is 0 Å². The standard InChI is InChI=1S/C15H22O/c1-3-5-10-13(9-4-2)15(16)14-11-7-6-8-12-14/h6-8,10-12,15-16H,3-5,9H2,1-2H3/b13-10+. The molecule has 0 aliphatic heterocycles. The van der Waals surface area contributed by atoms with Crippen molar-refractivity contribution in [3.05, 3.63) is 47.5 Å². The molecule has 0 saturated carbocycles. The Hall–Kier alpha value is -1.08. The molecule has 1 heteroatoms. The molecule has 1 rings (SSSR count). The molecule has 88 valence electrons. The molecule has 0 aliphatic rings. The molecule has 16 heavy (non-hydrogen) atoms. The maximum Gasteiger partial charge on any atom is 0.100 e. The van der Waals surface area contributed by atoms with Gasteiger partial charge >= 0.3 is 0 Å². The molecule has 0 aromatic heterocycles. The number of aliphatic hydroxyl groups is 1. The minimum absolute atomic E-state index is 0.423. The van der Waals surface area contributed by atoms with Gasteiger partial charge in [-0.15, -0.1) is 0 Å². The van der Waals surface area contributed by atoms with Gasteiger partial charge in [-0.3, -0.25) is 0 Å². The van der Waals surface area contributed by atoms with Crippen molar-refractivity contribution in [3.63, 3.8) is 0 Å². The van der Waals surface area contributed by atoms with E-state index in [1.165, 1.54) is 0 Å². The van der Waals surface area contributed by atoms with E-state index in [1.54, 1.807) is 0 Å². The van der Waals surface area contributed by atoms with E-state index in [1.807, 2.05) is 30.3 Å². The Morgan fingerprint density at radius 2 is 1.88 bits per heavy atom. The normalized spacial score (nSPS) is 13.8. The number of benzene rings is 1. The van der Waals surface area contributed by atoms with Crippen LogP contribution in [0, 0.1) is 0 Å². The van der Waals surface area contributed by atoms with Crippen molar-refractivity contribution >= 4 is 0 Å². The molecule has 0 saturated heterocycles. The number of rotatable bonds is 6.